The van der Waals surface area contributed by atoms with E-state index < -0.39 is 0 Å². The minimum absolute atomic E-state index is 0.0320. The Morgan fingerprint density at radius 1 is 1.26 bits per heavy atom. The Morgan fingerprint density at radius 2 is 2.07 bits per heavy atom. The predicted octanol–water partition coefficient (Wildman–Crippen LogP) is 3.90. The Morgan fingerprint density at radius 3 is 2.93 bits per heavy atom. The van der Waals surface area contributed by atoms with Gasteiger partial charge < -0.3 is 5.32 Å². The smallest absolute Gasteiger partial charge is 0.261 e. The van der Waals surface area contributed by atoms with Crippen LogP contribution in [0.4, 0.5) is 0 Å². The van der Waals surface area contributed by atoms with Crippen LogP contribution in [0.1, 0.15) is 30.0 Å². The second kappa shape index (κ2) is 7.33. The number of hydrogen-bond acceptors (Lipinski definition) is 3. The molecule has 0 bridgehead atoms. The lowest BCUT2D eigenvalue weighted by atomic mass is 9.88. The summed E-state index contributed by atoms with van der Waals surface area (Å²) in [6.07, 6.45) is 4.28. The van der Waals surface area contributed by atoms with Crippen LogP contribution in [0, 0.1) is 0 Å². The number of halogens is 2. The van der Waals surface area contributed by atoms with Crippen molar-refractivity contribution in [3.8, 4) is 0 Å². The number of nitrogens with zero attached hydrogens (tertiary/aromatic N) is 2. The first-order valence-electron chi connectivity index (χ1n) is 8.74. The van der Waals surface area contributed by atoms with Gasteiger partial charge in [-0.3, -0.25) is 14.2 Å². The fourth-order valence-corrected chi connectivity index (χ4v) is 4.15. The summed E-state index contributed by atoms with van der Waals surface area (Å²) in [6, 6.07) is 11.2. The molecule has 0 saturated carbocycles. The number of carbonyl (C=O) groups excluding carboxylic acids is 1. The molecule has 3 aromatic rings. The van der Waals surface area contributed by atoms with Crippen molar-refractivity contribution in [1.82, 2.24) is 14.9 Å². The van der Waals surface area contributed by atoms with Gasteiger partial charge in [-0.2, -0.15) is 0 Å². The number of amides is 1. The van der Waals surface area contributed by atoms with Crippen LogP contribution < -0.4 is 10.9 Å². The van der Waals surface area contributed by atoms with E-state index in [0.29, 0.717) is 20.9 Å². The van der Waals surface area contributed by atoms with Crippen LogP contribution in [0.2, 0.25) is 10.0 Å². The Balaban J connectivity index is 1.57. The van der Waals surface area contributed by atoms with Gasteiger partial charge in [0, 0.05) is 5.02 Å². The van der Waals surface area contributed by atoms with E-state index >= 15 is 0 Å². The third-order valence-electron chi connectivity index (χ3n) is 4.86. The summed E-state index contributed by atoms with van der Waals surface area (Å²) in [5.41, 5.74) is 2.45. The average molecular weight is 402 g/mol. The lowest BCUT2D eigenvalue weighted by Crippen LogP contribution is -2.36. The van der Waals surface area contributed by atoms with E-state index in [0.717, 1.165) is 24.8 Å². The fourth-order valence-electron chi connectivity index (χ4n) is 3.61. The van der Waals surface area contributed by atoms with Crippen LogP contribution in [-0.4, -0.2) is 15.5 Å². The van der Waals surface area contributed by atoms with Crippen LogP contribution in [0.3, 0.4) is 0 Å². The van der Waals surface area contributed by atoms with E-state index in [1.807, 2.05) is 18.2 Å². The molecule has 0 fully saturated rings. The second-order valence-electron chi connectivity index (χ2n) is 6.67. The molecule has 0 aliphatic heterocycles. The molecule has 1 atom stereocenters. The molecule has 0 spiro atoms. The number of carbonyl (C=O) groups is 1. The molecule has 27 heavy (non-hydrogen) atoms. The molecule has 0 radical (unpaired) electrons. The summed E-state index contributed by atoms with van der Waals surface area (Å²) < 4.78 is 1.28. The monoisotopic (exact) mass is 401 g/mol. The number of hydrogen-bond donors (Lipinski definition) is 1. The minimum Gasteiger partial charge on any atom is -0.348 e. The largest absolute Gasteiger partial charge is 0.348 e. The molecule has 0 unspecified atom stereocenters. The molecule has 5 nitrogen and oxygen atoms in total. The van der Waals surface area contributed by atoms with Crippen molar-refractivity contribution in [1.29, 1.82) is 0 Å². The van der Waals surface area contributed by atoms with Gasteiger partial charge in [0.05, 0.1) is 28.3 Å². The normalized spacial score (nSPS) is 16.1. The standard InChI is InChI=1S/C20H17Cl2N3O2/c21-13-8-15-19(16(22)9-13)23-11-25(20(15)27)10-18(26)24-17-7-3-5-12-4-1-2-6-14(12)17/h1-2,4,6,8-9,11,17H,3,5,7,10H2,(H,24,26)/t17-/m1/s1. The average Bonchev–Trinajstić information content (AvgIpc) is 2.65. The highest BCUT2D eigenvalue weighted by molar-refractivity contribution is 6.38. The molecule has 0 saturated heterocycles. The van der Waals surface area contributed by atoms with Gasteiger partial charge in [0.15, 0.2) is 0 Å². The minimum atomic E-state index is -0.344. The molecular weight excluding hydrogens is 385 g/mol. The van der Waals surface area contributed by atoms with Gasteiger partial charge in [0.25, 0.3) is 5.56 Å². The number of rotatable bonds is 3. The maximum absolute atomic E-state index is 12.7. The van der Waals surface area contributed by atoms with Crippen molar-refractivity contribution in [3.05, 3.63) is 74.3 Å². The first kappa shape index (κ1) is 18.0. The van der Waals surface area contributed by atoms with Gasteiger partial charge in [-0.05, 0) is 42.5 Å². The molecular formula is C20H17Cl2N3O2. The highest BCUT2D eigenvalue weighted by Gasteiger charge is 2.21. The zero-order valence-electron chi connectivity index (χ0n) is 14.4. The van der Waals surface area contributed by atoms with E-state index in [2.05, 4.69) is 16.4 Å². The topological polar surface area (TPSA) is 64.0 Å². The molecule has 1 aliphatic rings. The van der Waals surface area contributed by atoms with Gasteiger partial charge in [-0.15, -0.1) is 0 Å². The summed E-state index contributed by atoms with van der Waals surface area (Å²) in [7, 11) is 0. The maximum atomic E-state index is 12.7. The lowest BCUT2D eigenvalue weighted by Gasteiger charge is -2.26. The van der Waals surface area contributed by atoms with E-state index in [1.54, 1.807) is 0 Å². The zero-order valence-corrected chi connectivity index (χ0v) is 15.9. The second-order valence-corrected chi connectivity index (χ2v) is 7.52. The van der Waals surface area contributed by atoms with Crippen molar-refractivity contribution in [2.75, 3.05) is 0 Å². The van der Waals surface area contributed by atoms with Crippen molar-refractivity contribution in [2.45, 2.75) is 31.8 Å². The summed E-state index contributed by atoms with van der Waals surface area (Å²) in [6.45, 7) is -0.107. The highest BCUT2D eigenvalue weighted by Crippen LogP contribution is 2.29. The van der Waals surface area contributed by atoms with Crippen molar-refractivity contribution in [2.24, 2.45) is 0 Å². The van der Waals surface area contributed by atoms with Crippen LogP contribution in [-0.2, 0) is 17.8 Å². The molecule has 138 valence electrons. The van der Waals surface area contributed by atoms with Crippen molar-refractivity contribution < 1.29 is 4.79 Å². The Bertz CT molecular complexity index is 1090. The predicted molar refractivity (Wildman–Crippen MR) is 106 cm³/mol. The molecule has 1 amide bonds. The van der Waals surface area contributed by atoms with Crippen LogP contribution >= 0.6 is 23.2 Å². The molecule has 7 heteroatoms. The molecule has 1 aromatic heterocycles. The third-order valence-corrected chi connectivity index (χ3v) is 5.37. The van der Waals surface area contributed by atoms with E-state index in [-0.39, 0.29) is 24.1 Å². The number of aryl methyl sites for hydroxylation is 1. The van der Waals surface area contributed by atoms with Gasteiger partial charge in [-0.25, -0.2) is 4.98 Å². The molecule has 1 heterocycles. The fraction of sp³-hybridized carbons (Fsp3) is 0.250. The molecule has 1 aliphatic carbocycles. The first-order chi connectivity index (χ1) is 13.0. The van der Waals surface area contributed by atoms with E-state index in [1.165, 1.54) is 28.6 Å². The van der Waals surface area contributed by atoms with E-state index in [9.17, 15) is 9.59 Å². The number of aromatic nitrogens is 2. The Labute approximate surface area is 165 Å². The summed E-state index contributed by atoms with van der Waals surface area (Å²) in [5, 5.41) is 4.00. The molecule has 2 aromatic carbocycles. The quantitative estimate of drug-likeness (QED) is 0.723. The van der Waals surface area contributed by atoms with Crippen LogP contribution in [0.5, 0.6) is 0 Å². The van der Waals surface area contributed by atoms with Gasteiger partial charge >= 0.3 is 0 Å². The van der Waals surface area contributed by atoms with Crippen LogP contribution in [0.15, 0.2) is 47.5 Å². The maximum Gasteiger partial charge on any atom is 0.261 e. The molecule has 1 N–H and O–H groups in total. The van der Waals surface area contributed by atoms with E-state index in [4.69, 9.17) is 23.2 Å². The summed E-state index contributed by atoms with van der Waals surface area (Å²) in [4.78, 5) is 29.5. The zero-order chi connectivity index (χ0) is 19.0. The molecule has 4 rings (SSSR count). The first-order valence-corrected chi connectivity index (χ1v) is 9.50. The Kier molecular flexibility index (Phi) is 4.89. The van der Waals surface area contributed by atoms with Gasteiger partial charge in [0.1, 0.15) is 6.54 Å². The van der Waals surface area contributed by atoms with Crippen molar-refractivity contribution >= 4 is 40.0 Å². The summed E-state index contributed by atoms with van der Waals surface area (Å²) >= 11 is 12.1. The number of fused-ring (bicyclic) bond motifs is 2. The van der Waals surface area contributed by atoms with Crippen molar-refractivity contribution in [3.63, 3.8) is 0 Å². The van der Waals surface area contributed by atoms with Gasteiger partial charge in [-0.1, -0.05) is 47.5 Å². The SMILES string of the molecule is O=C(Cn1cnc2c(Cl)cc(Cl)cc2c1=O)N[C@@H]1CCCc2ccccc21. The third kappa shape index (κ3) is 3.57. The highest BCUT2D eigenvalue weighted by atomic mass is 35.5. The lowest BCUT2D eigenvalue weighted by molar-refractivity contribution is -0.122. The van der Waals surface area contributed by atoms with Crippen LogP contribution in [0.25, 0.3) is 10.9 Å². The van der Waals surface area contributed by atoms with Gasteiger partial charge in [0.2, 0.25) is 5.91 Å². The Hall–Kier alpha value is -2.37. The summed E-state index contributed by atoms with van der Waals surface area (Å²) in [5.74, 6) is -0.229. The number of benzene rings is 2. The number of nitrogens with one attached hydrogen (secondary N) is 1.